The minimum atomic E-state index is -0.391. The number of rotatable bonds is 0. The van der Waals surface area contributed by atoms with Gasteiger partial charge in [0.2, 0.25) is 0 Å². The van der Waals surface area contributed by atoms with E-state index in [-0.39, 0.29) is 10.2 Å². The van der Waals surface area contributed by atoms with E-state index < -0.39 is 5.82 Å². The summed E-state index contributed by atoms with van der Waals surface area (Å²) in [7, 11) is 0. The zero-order valence-electron chi connectivity index (χ0n) is 5.82. The Labute approximate surface area is 74.7 Å². The number of halogens is 2. The molecular weight excluding hydrogens is 227 g/mol. The van der Waals surface area contributed by atoms with Gasteiger partial charge in [-0.2, -0.15) is 0 Å². The average Bonchev–Trinajstić information content (AvgIpc) is 2.39. The van der Waals surface area contributed by atoms with Crippen LogP contribution in [0.3, 0.4) is 0 Å². The van der Waals surface area contributed by atoms with Crippen LogP contribution in [0.15, 0.2) is 21.4 Å². The highest BCUT2D eigenvalue weighted by Crippen LogP contribution is 2.22. The second kappa shape index (κ2) is 2.45. The van der Waals surface area contributed by atoms with E-state index in [0.717, 1.165) is 0 Å². The van der Waals surface area contributed by atoms with Gasteiger partial charge in [0.1, 0.15) is 5.82 Å². The predicted octanol–water partition coefficient (Wildman–Crippen LogP) is 1.76. The second-order valence-corrected chi connectivity index (χ2v) is 3.16. The molecule has 0 aliphatic heterocycles. The lowest BCUT2D eigenvalue weighted by molar-refractivity contribution is 0.623. The third kappa shape index (κ3) is 0.972. The lowest BCUT2D eigenvalue weighted by Gasteiger charge is -1.93. The third-order valence-corrected chi connectivity index (χ3v) is 2.36. The van der Waals surface area contributed by atoms with Crippen molar-refractivity contribution in [2.45, 2.75) is 0 Å². The molecule has 0 saturated heterocycles. The molecule has 0 amide bonds. The highest BCUT2D eigenvalue weighted by atomic mass is 79.9. The Morgan fingerprint density at radius 3 is 2.83 bits per heavy atom. The van der Waals surface area contributed by atoms with Gasteiger partial charge >= 0.3 is 5.69 Å². The van der Waals surface area contributed by atoms with Gasteiger partial charge < -0.3 is 9.97 Å². The van der Waals surface area contributed by atoms with Gasteiger partial charge in [0.05, 0.1) is 15.5 Å². The third-order valence-electron chi connectivity index (χ3n) is 1.58. The number of benzene rings is 1. The zero-order valence-corrected chi connectivity index (χ0v) is 7.40. The van der Waals surface area contributed by atoms with Crippen LogP contribution in [0.2, 0.25) is 0 Å². The maximum Gasteiger partial charge on any atom is 0.323 e. The van der Waals surface area contributed by atoms with Crippen LogP contribution < -0.4 is 5.69 Å². The first kappa shape index (κ1) is 7.54. The minimum Gasteiger partial charge on any atom is -0.306 e. The molecule has 1 heterocycles. The van der Waals surface area contributed by atoms with Crippen molar-refractivity contribution in [1.29, 1.82) is 0 Å². The summed E-state index contributed by atoms with van der Waals surface area (Å²) in [6.07, 6.45) is 0. The van der Waals surface area contributed by atoms with Gasteiger partial charge in [-0.25, -0.2) is 9.18 Å². The monoisotopic (exact) mass is 230 g/mol. The summed E-state index contributed by atoms with van der Waals surface area (Å²) < 4.78 is 13.2. The van der Waals surface area contributed by atoms with E-state index in [2.05, 4.69) is 25.9 Å². The summed E-state index contributed by atoms with van der Waals surface area (Å²) in [5.41, 5.74) is 0.713. The molecule has 62 valence electrons. The van der Waals surface area contributed by atoms with E-state index in [1.807, 2.05) is 0 Å². The smallest absolute Gasteiger partial charge is 0.306 e. The standard InChI is InChI=1S/C7H4BrFN2O/c8-5-3(9)1-2-4-6(5)11-7(12)10-4/h1-2H,(H2,10,11,12). The van der Waals surface area contributed by atoms with E-state index in [1.54, 1.807) is 0 Å². The Kier molecular flexibility index (Phi) is 1.54. The number of aromatic nitrogens is 2. The Morgan fingerprint density at radius 2 is 2.08 bits per heavy atom. The van der Waals surface area contributed by atoms with E-state index in [4.69, 9.17) is 0 Å². The van der Waals surface area contributed by atoms with Gasteiger partial charge in [-0.1, -0.05) is 0 Å². The van der Waals surface area contributed by atoms with Gasteiger partial charge in [-0.15, -0.1) is 0 Å². The highest BCUT2D eigenvalue weighted by Gasteiger charge is 2.06. The van der Waals surface area contributed by atoms with Crippen molar-refractivity contribution in [3.63, 3.8) is 0 Å². The van der Waals surface area contributed by atoms with Crippen molar-refractivity contribution < 1.29 is 4.39 Å². The Hall–Kier alpha value is -1.10. The molecule has 2 aromatic rings. The molecule has 0 aliphatic rings. The SMILES string of the molecule is O=c1[nH]c2ccc(F)c(Br)c2[nH]1. The topological polar surface area (TPSA) is 48.6 Å². The van der Waals surface area contributed by atoms with Gasteiger partial charge in [0.25, 0.3) is 0 Å². The van der Waals surface area contributed by atoms with Gasteiger partial charge in [0.15, 0.2) is 0 Å². The molecule has 0 saturated carbocycles. The van der Waals surface area contributed by atoms with Crippen LogP contribution in [-0.2, 0) is 0 Å². The Morgan fingerprint density at radius 1 is 1.33 bits per heavy atom. The van der Waals surface area contributed by atoms with Crippen LogP contribution in [-0.4, -0.2) is 9.97 Å². The first-order valence-corrected chi connectivity index (χ1v) is 4.04. The summed E-state index contributed by atoms with van der Waals surface area (Å²) in [5.74, 6) is -0.391. The van der Waals surface area contributed by atoms with Crippen LogP contribution in [0.1, 0.15) is 0 Å². The fourth-order valence-electron chi connectivity index (χ4n) is 1.04. The first-order chi connectivity index (χ1) is 5.68. The van der Waals surface area contributed by atoms with Gasteiger partial charge in [-0.3, -0.25) is 0 Å². The fraction of sp³-hybridized carbons (Fsp3) is 0. The summed E-state index contributed by atoms with van der Waals surface area (Å²) in [6.45, 7) is 0. The van der Waals surface area contributed by atoms with E-state index >= 15 is 0 Å². The normalized spacial score (nSPS) is 10.8. The molecule has 3 nitrogen and oxygen atoms in total. The number of H-pyrrole nitrogens is 2. The maximum atomic E-state index is 12.9. The molecule has 0 bridgehead atoms. The highest BCUT2D eigenvalue weighted by molar-refractivity contribution is 9.10. The van der Waals surface area contributed by atoms with Crippen molar-refractivity contribution in [3.8, 4) is 0 Å². The van der Waals surface area contributed by atoms with Crippen LogP contribution in [0.4, 0.5) is 4.39 Å². The summed E-state index contributed by atoms with van der Waals surface area (Å²) >= 11 is 3.03. The summed E-state index contributed by atoms with van der Waals surface area (Å²) in [5, 5.41) is 0. The second-order valence-electron chi connectivity index (χ2n) is 2.36. The fourth-order valence-corrected chi connectivity index (χ4v) is 1.49. The molecule has 2 N–H and O–H groups in total. The molecule has 5 heteroatoms. The number of fused-ring (bicyclic) bond motifs is 1. The molecule has 1 aromatic carbocycles. The van der Waals surface area contributed by atoms with E-state index in [0.29, 0.717) is 11.0 Å². The van der Waals surface area contributed by atoms with Gasteiger partial charge in [0, 0.05) is 0 Å². The van der Waals surface area contributed by atoms with Crippen molar-refractivity contribution in [2.24, 2.45) is 0 Å². The van der Waals surface area contributed by atoms with E-state index in [9.17, 15) is 9.18 Å². The van der Waals surface area contributed by atoms with Crippen LogP contribution >= 0.6 is 15.9 Å². The lowest BCUT2D eigenvalue weighted by atomic mass is 10.3. The summed E-state index contributed by atoms with van der Waals surface area (Å²) in [4.78, 5) is 15.8. The van der Waals surface area contributed by atoms with E-state index in [1.165, 1.54) is 12.1 Å². The van der Waals surface area contributed by atoms with Crippen LogP contribution in [0.25, 0.3) is 11.0 Å². The quantitative estimate of drug-likeness (QED) is 0.712. The molecule has 0 aliphatic carbocycles. The number of aromatic amines is 2. The van der Waals surface area contributed by atoms with Crippen molar-refractivity contribution >= 4 is 27.0 Å². The first-order valence-electron chi connectivity index (χ1n) is 3.24. The summed E-state index contributed by atoms with van der Waals surface area (Å²) in [6, 6.07) is 2.80. The predicted molar refractivity (Wildman–Crippen MR) is 46.6 cm³/mol. The number of hydrogen-bond donors (Lipinski definition) is 2. The lowest BCUT2D eigenvalue weighted by Crippen LogP contribution is -1.99. The molecule has 0 spiro atoms. The Balaban J connectivity index is 2.99. The number of nitrogens with one attached hydrogen (secondary N) is 2. The van der Waals surface area contributed by atoms with Crippen LogP contribution in [0, 0.1) is 5.82 Å². The minimum absolute atomic E-state index is 0.276. The molecule has 0 fully saturated rings. The molecule has 2 rings (SSSR count). The van der Waals surface area contributed by atoms with Gasteiger partial charge in [-0.05, 0) is 28.1 Å². The molecule has 1 aromatic heterocycles. The van der Waals surface area contributed by atoms with Crippen molar-refractivity contribution in [1.82, 2.24) is 9.97 Å². The van der Waals surface area contributed by atoms with Crippen molar-refractivity contribution in [2.75, 3.05) is 0 Å². The largest absolute Gasteiger partial charge is 0.323 e. The molecular formula is C7H4BrFN2O. The molecule has 12 heavy (non-hydrogen) atoms. The molecule has 0 unspecified atom stereocenters. The average molecular weight is 231 g/mol. The zero-order chi connectivity index (χ0) is 8.72. The number of hydrogen-bond acceptors (Lipinski definition) is 1. The Bertz CT molecular complexity index is 488. The molecule has 0 atom stereocenters. The van der Waals surface area contributed by atoms with Crippen LogP contribution in [0.5, 0.6) is 0 Å². The maximum absolute atomic E-state index is 12.9. The molecule has 0 radical (unpaired) electrons. The van der Waals surface area contributed by atoms with Crippen molar-refractivity contribution in [3.05, 3.63) is 32.9 Å². The number of imidazole rings is 1.